The Morgan fingerprint density at radius 1 is 0.958 bits per heavy atom. The Hall–Kier alpha value is -3.69. The molecule has 14 nitrogen and oxygen atoms in total. The van der Waals surface area contributed by atoms with Gasteiger partial charge in [-0.25, -0.2) is 14.5 Å². The van der Waals surface area contributed by atoms with Crippen molar-refractivity contribution in [2.75, 3.05) is 0 Å². The molecule has 10 atom stereocenters. The molecule has 268 valence electrons. The summed E-state index contributed by atoms with van der Waals surface area (Å²) in [6.07, 6.45) is -6.52. The first-order chi connectivity index (χ1) is 22.0. The normalized spacial score (nSPS) is 35.2. The summed E-state index contributed by atoms with van der Waals surface area (Å²) in [4.78, 5) is 69.7. The largest absolute Gasteiger partial charge is 0.459 e. The average Bonchev–Trinajstić information content (AvgIpc) is 3.26. The van der Waals surface area contributed by atoms with Crippen LogP contribution < -0.4 is 0 Å². The monoisotopic (exact) mass is 680 g/mol. The molecule has 0 radical (unpaired) electrons. The van der Waals surface area contributed by atoms with Gasteiger partial charge in [0.15, 0.2) is 11.9 Å². The van der Waals surface area contributed by atoms with Gasteiger partial charge < -0.3 is 34.3 Å². The number of ether oxygens (including phenoxy) is 4. The molecular weight excluding hydrogens is 632 g/mol. The molecule has 2 aliphatic rings. The Balaban J connectivity index is 3.03. The second-order valence-electron chi connectivity index (χ2n) is 13.3. The lowest BCUT2D eigenvalue weighted by Gasteiger charge is -2.44. The summed E-state index contributed by atoms with van der Waals surface area (Å²) in [5.41, 5.74) is -7.03. The Labute approximate surface area is 279 Å². The van der Waals surface area contributed by atoms with E-state index in [-0.39, 0.29) is 12.0 Å². The van der Waals surface area contributed by atoms with Gasteiger partial charge in [0.05, 0.1) is 11.5 Å². The minimum Gasteiger partial charge on any atom is -0.459 e. The maximum atomic E-state index is 14.2. The van der Waals surface area contributed by atoms with Crippen molar-refractivity contribution < 1.29 is 68.4 Å². The van der Waals surface area contributed by atoms with E-state index in [4.69, 9.17) is 24.2 Å². The van der Waals surface area contributed by atoms with Crippen LogP contribution in [0, 0.1) is 17.3 Å². The highest BCUT2D eigenvalue weighted by Crippen LogP contribution is 2.49. The molecule has 0 aliphatic heterocycles. The van der Waals surface area contributed by atoms with Crippen LogP contribution in [0.4, 0.5) is 0 Å². The number of aliphatic hydroxyl groups excluding tert-OH is 1. The molecule has 4 N–H and O–H groups in total. The molecule has 0 unspecified atom stereocenters. The molecule has 48 heavy (non-hydrogen) atoms. The van der Waals surface area contributed by atoms with Crippen molar-refractivity contribution >= 4 is 29.7 Å². The van der Waals surface area contributed by atoms with Gasteiger partial charge in [0.25, 0.3) is 0 Å². The lowest BCUT2D eigenvalue weighted by Crippen LogP contribution is -2.60. The van der Waals surface area contributed by atoms with Crippen LogP contribution in [0.1, 0.15) is 68.7 Å². The van der Waals surface area contributed by atoms with Gasteiger partial charge in [-0.1, -0.05) is 46.1 Å². The molecule has 0 aromatic rings. The van der Waals surface area contributed by atoms with Gasteiger partial charge in [0.1, 0.15) is 41.7 Å². The van der Waals surface area contributed by atoms with Crippen LogP contribution in [0.25, 0.3) is 0 Å². The first-order valence-electron chi connectivity index (χ1n) is 15.4. The quantitative estimate of drug-likeness (QED) is 0.0724. The number of carbonyl (C=O) groups excluding carboxylic acids is 5. The molecule has 0 spiro atoms. The van der Waals surface area contributed by atoms with Gasteiger partial charge in [-0.3, -0.25) is 19.6 Å². The fraction of sp³-hybridized carbons (Fsp3) is 0.618. The molecule has 0 aromatic carbocycles. The van der Waals surface area contributed by atoms with Gasteiger partial charge in [-0.05, 0) is 46.1 Å². The summed E-state index contributed by atoms with van der Waals surface area (Å²) >= 11 is 0. The minimum absolute atomic E-state index is 0.183. The molecule has 0 aromatic heterocycles. The number of fused-ring (bicyclic) bond motifs is 1. The van der Waals surface area contributed by atoms with Crippen LogP contribution in [0.15, 0.2) is 48.1 Å². The van der Waals surface area contributed by atoms with Crippen molar-refractivity contribution in [2.24, 2.45) is 17.3 Å². The van der Waals surface area contributed by atoms with E-state index < -0.39 is 106 Å². The number of esters is 4. The average molecular weight is 681 g/mol. The molecule has 1 saturated carbocycles. The summed E-state index contributed by atoms with van der Waals surface area (Å²) in [7, 11) is 0. The summed E-state index contributed by atoms with van der Waals surface area (Å²) < 4.78 is 22.6. The van der Waals surface area contributed by atoms with Crippen LogP contribution in [0.5, 0.6) is 0 Å². The fourth-order valence-electron chi connectivity index (χ4n) is 6.05. The zero-order chi connectivity index (χ0) is 37.1. The number of rotatable bonds is 8. The third-order valence-electron chi connectivity index (χ3n) is 8.93. The third-order valence-corrected chi connectivity index (χ3v) is 8.93. The van der Waals surface area contributed by atoms with Gasteiger partial charge in [-0.2, -0.15) is 0 Å². The molecule has 0 saturated heterocycles. The number of Topliss-reactive ketones (excluding diaryl/α,β-unsaturated/α-hetero) is 1. The van der Waals surface area contributed by atoms with E-state index in [1.807, 2.05) is 0 Å². The fourth-order valence-corrected chi connectivity index (χ4v) is 6.05. The van der Waals surface area contributed by atoms with Crippen molar-refractivity contribution in [1.82, 2.24) is 0 Å². The Morgan fingerprint density at radius 3 is 2.02 bits per heavy atom. The summed E-state index contributed by atoms with van der Waals surface area (Å²) in [5.74, 6) is -7.47. The van der Waals surface area contributed by atoms with Crippen molar-refractivity contribution in [3.05, 3.63) is 48.1 Å². The SMILES string of the molecule is C=C(C(=O)O[C@H]1C(=C)[C@H](OC(C)=O)[C@H]2[C@@H](OC(=O)/C(C)=C\C)[C@@H](C)C[C@]2(O)C(=O)[C@](C)(O)/C=C/C(C)(C)[C@H](OC(C)=O)[C@@H]1O)[C@H](C)OO. The molecule has 14 heteroatoms. The Kier molecular flexibility index (Phi) is 12.9. The predicted octanol–water partition coefficient (Wildman–Crippen LogP) is 2.29. The lowest BCUT2D eigenvalue weighted by molar-refractivity contribution is -0.264. The van der Waals surface area contributed by atoms with Gasteiger partial charge in [0, 0.05) is 30.4 Å². The van der Waals surface area contributed by atoms with Crippen molar-refractivity contribution in [1.29, 1.82) is 0 Å². The Morgan fingerprint density at radius 2 is 1.52 bits per heavy atom. The molecule has 0 bridgehead atoms. The predicted molar refractivity (Wildman–Crippen MR) is 169 cm³/mol. The van der Waals surface area contributed by atoms with E-state index in [1.165, 1.54) is 39.8 Å². The first kappa shape index (κ1) is 40.5. The van der Waals surface area contributed by atoms with Gasteiger partial charge >= 0.3 is 23.9 Å². The van der Waals surface area contributed by atoms with Gasteiger partial charge in [-0.15, -0.1) is 0 Å². The van der Waals surface area contributed by atoms with Crippen molar-refractivity contribution in [3.8, 4) is 0 Å². The Bertz CT molecular complexity index is 1370. The highest BCUT2D eigenvalue weighted by Gasteiger charge is 2.65. The summed E-state index contributed by atoms with van der Waals surface area (Å²) in [6, 6.07) is 0. The zero-order valence-electron chi connectivity index (χ0n) is 28.8. The number of hydrogen-bond acceptors (Lipinski definition) is 14. The van der Waals surface area contributed by atoms with E-state index in [9.17, 15) is 39.3 Å². The highest BCUT2D eigenvalue weighted by atomic mass is 17.1. The number of hydrogen-bond donors (Lipinski definition) is 4. The van der Waals surface area contributed by atoms with E-state index in [2.05, 4.69) is 18.0 Å². The lowest BCUT2D eigenvalue weighted by atomic mass is 9.71. The van der Waals surface area contributed by atoms with Crippen LogP contribution in [0.3, 0.4) is 0 Å². The molecule has 0 amide bonds. The van der Waals surface area contributed by atoms with Gasteiger partial charge in [0.2, 0.25) is 0 Å². The summed E-state index contributed by atoms with van der Waals surface area (Å²) in [6.45, 7) is 19.6. The van der Waals surface area contributed by atoms with E-state index in [1.54, 1.807) is 13.8 Å². The number of allylic oxidation sites excluding steroid dienone is 1. The number of carbonyl (C=O) groups is 5. The molecule has 2 rings (SSSR count). The maximum absolute atomic E-state index is 14.2. The summed E-state index contributed by atoms with van der Waals surface area (Å²) in [5, 5.41) is 44.8. The highest BCUT2D eigenvalue weighted by molar-refractivity contribution is 5.97. The third kappa shape index (κ3) is 8.47. The first-order valence-corrected chi connectivity index (χ1v) is 15.4. The second-order valence-corrected chi connectivity index (χ2v) is 13.3. The van der Waals surface area contributed by atoms with Crippen LogP contribution in [0.2, 0.25) is 0 Å². The second kappa shape index (κ2) is 15.2. The molecule has 2 aliphatic carbocycles. The van der Waals surface area contributed by atoms with E-state index in [0.717, 1.165) is 26.8 Å². The van der Waals surface area contributed by atoms with Crippen LogP contribution in [-0.4, -0.2) is 98.1 Å². The molecular formula is C34H48O14. The topological polar surface area (TPSA) is 212 Å². The van der Waals surface area contributed by atoms with Crippen molar-refractivity contribution in [3.63, 3.8) is 0 Å². The zero-order valence-corrected chi connectivity index (χ0v) is 28.8. The van der Waals surface area contributed by atoms with Crippen molar-refractivity contribution in [2.45, 2.75) is 117 Å². The number of ketones is 1. The number of aliphatic hydroxyl groups is 3. The van der Waals surface area contributed by atoms with E-state index >= 15 is 0 Å². The molecule has 1 fully saturated rings. The minimum atomic E-state index is -2.56. The smallest absolute Gasteiger partial charge is 0.336 e. The van der Waals surface area contributed by atoms with Crippen LogP contribution >= 0.6 is 0 Å². The maximum Gasteiger partial charge on any atom is 0.336 e. The molecule has 0 heterocycles. The standard InChI is InChI=1S/C34H48O14/c1-12-16(2)29(38)46-25-17(3)15-34(42)23(25)26(44-21(7)35)19(5)27(47-30(39)18(4)20(6)48-43)24(37)28(45-22(8)36)32(9,10)13-14-33(11,41)31(34)40/h12-14,17,20,23-28,37,41-43H,4-5,15H2,1-3,6-11H3/b14-13+,16-12-/t17-,20-,23+,24+,25-,26-,27-,28+,33+,34+/m0/s1. The van der Waals surface area contributed by atoms with E-state index in [0.29, 0.717) is 0 Å². The van der Waals surface area contributed by atoms with Crippen LogP contribution in [-0.2, 0) is 47.8 Å².